The minimum Gasteiger partial charge on any atom is -0.368 e. The smallest absolute Gasteiger partial charge is 0.240 e. The molecular weight excluding hydrogens is 198 g/mol. The predicted octanol–water partition coefficient (Wildman–Crippen LogP) is 2.38. The monoisotopic (exact) mass is 211 g/mol. The van der Waals surface area contributed by atoms with E-state index in [1.165, 1.54) is 5.56 Å². The molecule has 0 heterocycles. The van der Waals surface area contributed by atoms with Crippen LogP contribution in [0.1, 0.15) is 27.6 Å². The van der Waals surface area contributed by atoms with Gasteiger partial charge in [-0.1, -0.05) is 12.1 Å². The highest BCUT2D eigenvalue weighted by Crippen LogP contribution is 2.26. The molecule has 0 saturated carbocycles. The summed E-state index contributed by atoms with van der Waals surface area (Å²) >= 11 is 5.90. The summed E-state index contributed by atoms with van der Waals surface area (Å²) in [6.45, 7) is 5.95. The van der Waals surface area contributed by atoms with Crippen LogP contribution < -0.4 is 5.73 Å². The van der Waals surface area contributed by atoms with Crippen LogP contribution >= 0.6 is 11.6 Å². The minimum absolute atomic E-state index is 0.502. The number of hydrogen-bond acceptors (Lipinski definition) is 1. The summed E-state index contributed by atoms with van der Waals surface area (Å²) in [4.78, 5) is 10.9. The highest BCUT2D eigenvalue weighted by Gasteiger charge is 2.16. The molecule has 0 spiro atoms. The van der Waals surface area contributed by atoms with E-state index in [9.17, 15) is 4.79 Å². The molecule has 0 aliphatic heterocycles. The summed E-state index contributed by atoms with van der Waals surface area (Å²) in [6.07, 6.45) is 0. The molecule has 14 heavy (non-hydrogen) atoms. The lowest BCUT2D eigenvalue weighted by atomic mass is 9.98. The van der Waals surface area contributed by atoms with Gasteiger partial charge in [-0.3, -0.25) is 4.79 Å². The number of aryl methyl sites for hydroxylation is 3. The minimum atomic E-state index is -0.728. The second kappa shape index (κ2) is 4.01. The number of primary amides is 1. The van der Waals surface area contributed by atoms with Gasteiger partial charge in [-0.05, 0) is 43.0 Å². The molecule has 0 aliphatic rings. The van der Waals surface area contributed by atoms with Crippen molar-refractivity contribution in [3.05, 3.63) is 34.4 Å². The molecule has 1 aromatic rings. The molecule has 1 atom stereocenters. The molecule has 0 fully saturated rings. The molecule has 0 aliphatic carbocycles. The summed E-state index contributed by atoms with van der Waals surface area (Å²) in [5.41, 5.74) is 9.28. The highest BCUT2D eigenvalue weighted by atomic mass is 35.5. The van der Waals surface area contributed by atoms with Gasteiger partial charge in [0, 0.05) is 0 Å². The van der Waals surface area contributed by atoms with Crippen LogP contribution in [0.4, 0.5) is 0 Å². The number of halogens is 1. The van der Waals surface area contributed by atoms with E-state index < -0.39 is 11.3 Å². The molecular formula is C11H14ClNO. The molecule has 3 heteroatoms. The fraction of sp³-hybridized carbons (Fsp3) is 0.364. The molecule has 0 bridgehead atoms. The molecule has 76 valence electrons. The molecule has 2 N–H and O–H groups in total. The van der Waals surface area contributed by atoms with Crippen molar-refractivity contribution in [3.63, 3.8) is 0 Å². The Labute approximate surface area is 89.1 Å². The van der Waals surface area contributed by atoms with Crippen LogP contribution in [-0.2, 0) is 4.79 Å². The third kappa shape index (κ3) is 2.07. The van der Waals surface area contributed by atoms with E-state index in [2.05, 4.69) is 0 Å². The van der Waals surface area contributed by atoms with Crippen molar-refractivity contribution in [2.24, 2.45) is 5.73 Å². The van der Waals surface area contributed by atoms with Gasteiger partial charge in [0.25, 0.3) is 0 Å². The van der Waals surface area contributed by atoms with Gasteiger partial charge in [-0.25, -0.2) is 0 Å². The summed E-state index contributed by atoms with van der Waals surface area (Å²) < 4.78 is 0. The normalized spacial score (nSPS) is 12.6. The average Bonchev–Trinajstić information content (AvgIpc) is 2.10. The van der Waals surface area contributed by atoms with E-state index in [0.717, 1.165) is 16.7 Å². The number of carbonyl (C=O) groups is 1. The lowest BCUT2D eigenvalue weighted by Crippen LogP contribution is -2.18. The maximum absolute atomic E-state index is 10.9. The maximum Gasteiger partial charge on any atom is 0.240 e. The van der Waals surface area contributed by atoms with E-state index >= 15 is 0 Å². The topological polar surface area (TPSA) is 43.1 Å². The Morgan fingerprint density at radius 2 is 1.71 bits per heavy atom. The Morgan fingerprint density at radius 1 is 1.21 bits per heavy atom. The fourth-order valence-corrected chi connectivity index (χ4v) is 1.64. The van der Waals surface area contributed by atoms with Gasteiger partial charge in [0.15, 0.2) is 0 Å². The van der Waals surface area contributed by atoms with Crippen molar-refractivity contribution in [1.29, 1.82) is 0 Å². The van der Waals surface area contributed by atoms with Crippen molar-refractivity contribution in [3.8, 4) is 0 Å². The lowest BCUT2D eigenvalue weighted by molar-refractivity contribution is -0.117. The van der Waals surface area contributed by atoms with Crippen LogP contribution in [0.15, 0.2) is 12.1 Å². The van der Waals surface area contributed by atoms with Crippen LogP contribution in [-0.4, -0.2) is 5.91 Å². The summed E-state index contributed by atoms with van der Waals surface area (Å²) in [7, 11) is 0. The van der Waals surface area contributed by atoms with Crippen molar-refractivity contribution in [2.45, 2.75) is 26.1 Å². The molecule has 1 rings (SSSR count). The SMILES string of the molecule is Cc1cc(C)c(C(Cl)C(N)=O)cc1C. The zero-order chi connectivity index (χ0) is 10.9. The Kier molecular flexibility index (Phi) is 3.17. The quantitative estimate of drug-likeness (QED) is 0.750. The van der Waals surface area contributed by atoms with E-state index in [0.29, 0.717) is 0 Å². The zero-order valence-corrected chi connectivity index (χ0v) is 9.35. The summed E-state index contributed by atoms with van der Waals surface area (Å²) in [5, 5.41) is -0.728. The van der Waals surface area contributed by atoms with Crippen molar-refractivity contribution in [1.82, 2.24) is 0 Å². The first-order valence-electron chi connectivity index (χ1n) is 4.44. The lowest BCUT2D eigenvalue weighted by Gasteiger charge is -2.12. The van der Waals surface area contributed by atoms with Gasteiger partial charge in [0.05, 0.1) is 0 Å². The second-order valence-corrected chi connectivity index (χ2v) is 3.99. The standard InChI is InChI=1S/C11H14ClNO/c1-6-4-8(3)9(5-7(6)2)10(12)11(13)14/h4-5,10H,1-3H3,(H2,13,14). The number of nitrogens with two attached hydrogens (primary N) is 1. The van der Waals surface area contributed by atoms with Gasteiger partial charge in [-0.15, -0.1) is 11.6 Å². The van der Waals surface area contributed by atoms with Gasteiger partial charge in [0.2, 0.25) is 5.91 Å². The number of alkyl halides is 1. The van der Waals surface area contributed by atoms with Crippen LogP contribution in [0.25, 0.3) is 0 Å². The molecule has 0 radical (unpaired) electrons. The summed E-state index contributed by atoms with van der Waals surface area (Å²) in [5.74, 6) is -0.502. The molecule has 0 saturated heterocycles. The Morgan fingerprint density at radius 3 is 2.21 bits per heavy atom. The largest absolute Gasteiger partial charge is 0.368 e. The second-order valence-electron chi connectivity index (χ2n) is 3.56. The molecule has 1 unspecified atom stereocenters. The summed E-state index contributed by atoms with van der Waals surface area (Å²) in [6, 6.07) is 3.94. The van der Waals surface area contributed by atoms with Gasteiger partial charge in [-0.2, -0.15) is 0 Å². The Bertz CT molecular complexity index is 374. The predicted molar refractivity (Wildman–Crippen MR) is 58.4 cm³/mol. The average molecular weight is 212 g/mol. The number of amides is 1. The van der Waals surface area contributed by atoms with Crippen LogP contribution in [0, 0.1) is 20.8 Å². The van der Waals surface area contributed by atoms with Crippen LogP contribution in [0.3, 0.4) is 0 Å². The van der Waals surface area contributed by atoms with Crippen molar-refractivity contribution < 1.29 is 4.79 Å². The van der Waals surface area contributed by atoms with Gasteiger partial charge in [0.1, 0.15) is 5.38 Å². The van der Waals surface area contributed by atoms with Crippen molar-refractivity contribution in [2.75, 3.05) is 0 Å². The van der Waals surface area contributed by atoms with Crippen molar-refractivity contribution >= 4 is 17.5 Å². The zero-order valence-electron chi connectivity index (χ0n) is 8.60. The van der Waals surface area contributed by atoms with E-state index in [-0.39, 0.29) is 0 Å². The first-order valence-corrected chi connectivity index (χ1v) is 4.88. The third-order valence-electron chi connectivity index (χ3n) is 2.41. The Balaban J connectivity index is 3.22. The third-order valence-corrected chi connectivity index (χ3v) is 2.86. The highest BCUT2D eigenvalue weighted by molar-refractivity contribution is 6.30. The molecule has 1 aromatic carbocycles. The number of hydrogen-bond donors (Lipinski definition) is 1. The van der Waals surface area contributed by atoms with E-state index in [1.54, 1.807) is 0 Å². The maximum atomic E-state index is 10.9. The first kappa shape index (κ1) is 11.1. The van der Waals surface area contributed by atoms with E-state index in [1.807, 2.05) is 32.9 Å². The van der Waals surface area contributed by atoms with Crippen LogP contribution in [0.5, 0.6) is 0 Å². The molecule has 0 aromatic heterocycles. The van der Waals surface area contributed by atoms with Gasteiger partial charge < -0.3 is 5.73 Å². The first-order chi connectivity index (χ1) is 6.43. The molecule has 1 amide bonds. The fourth-order valence-electron chi connectivity index (χ4n) is 1.41. The Hall–Kier alpha value is -1.02. The number of rotatable bonds is 2. The van der Waals surface area contributed by atoms with E-state index in [4.69, 9.17) is 17.3 Å². The number of carbonyl (C=O) groups excluding carboxylic acids is 1. The number of benzene rings is 1. The van der Waals surface area contributed by atoms with Gasteiger partial charge >= 0.3 is 0 Å². The van der Waals surface area contributed by atoms with Crippen LogP contribution in [0.2, 0.25) is 0 Å². The molecule has 2 nitrogen and oxygen atoms in total.